The van der Waals surface area contributed by atoms with Gasteiger partial charge in [0.05, 0.1) is 6.42 Å². The van der Waals surface area contributed by atoms with Crippen LogP contribution >= 0.6 is 11.3 Å². The third kappa shape index (κ3) is 3.82. The number of ether oxygens (including phenoxy) is 1. The molecule has 0 atom stereocenters. The highest BCUT2D eigenvalue weighted by Crippen LogP contribution is 2.21. The zero-order chi connectivity index (χ0) is 12.8. The van der Waals surface area contributed by atoms with Crippen LogP contribution in [0.2, 0.25) is 0 Å². The molecular formula is C14H21NO2S. The maximum Gasteiger partial charge on any atom is 0.227 e. The summed E-state index contributed by atoms with van der Waals surface area (Å²) < 4.78 is 5.11. The van der Waals surface area contributed by atoms with Crippen molar-refractivity contribution in [2.45, 2.75) is 25.7 Å². The monoisotopic (exact) mass is 267 g/mol. The summed E-state index contributed by atoms with van der Waals surface area (Å²) in [4.78, 5) is 14.1. The van der Waals surface area contributed by atoms with Crippen LogP contribution in [0.3, 0.4) is 0 Å². The third-order valence-corrected chi connectivity index (χ3v) is 4.36. The number of hydrogen-bond donors (Lipinski definition) is 0. The zero-order valence-corrected chi connectivity index (χ0v) is 11.7. The second-order valence-corrected chi connectivity index (χ2v) is 5.69. The molecule has 0 bridgehead atoms. The summed E-state index contributed by atoms with van der Waals surface area (Å²) in [6, 6.07) is 2.04. The Bertz CT molecular complexity index is 356. The smallest absolute Gasteiger partial charge is 0.227 e. The van der Waals surface area contributed by atoms with Gasteiger partial charge in [-0.1, -0.05) is 0 Å². The summed E-state index contributed by atoms with van der Waals surface area (Å²) in [6.45, 7) is 2.67. The largest absolute Gasteiger partial charge is 0.385 e. The Kier molecular flexibility index (Phi) is 5.20. The van der Waals surface area contributed by atoms with Crippen molar-refractivity contribution < 1.29 is 9.53 Å². The minimum atomic E-state index is 0.276. The fraction of sp³-hybridized carbons (Fsp3) is 0.643. The van der Waals surface area contributed by atoms with E-state index >= 15 is 0 Å². The number of rotatable bonds is 5. The maximum atomic E-state index is 12.1. The van der Waals surface area contributed by atoms with Gasteiger partial charge in [0, 0.05) is 26.8 Å². The number of carbonyl (C=O) groups excluding carboxylic acids is 1. The first-order chi connectivity index (χ1) is 8.79. The van der Waals surface area contributed by atoms with Gasteiger partial charge in [-0.05, 0) is 47.6 Å². The number of thiophene rings is 1. The summed E-state index contributed by atoms with van der Waals surface area (Å²) in [6.07, 6.45) is 3.94. The molecule has 3 nitrogen and oxygen atoms in total. The maximum absolute atomic E-state index is 12.1. The molecule has 0 unspecified atom stereocenters. The van der Waals surface area contributed by atoms with Gasteiger partial charge < -0.3 is 9.64 Å². The van der Waals surface area contributed by atoms with Gasteiger partial charge in [0.2, 0.25) is 5.91 Å². The molecule has 1 aliphatic heterocycles. The highest BCUT2D eigenvalue weighted by atomic mass is 32.1. The third-order valence-electron chi connectivity index (χ3n) is 3.63. The fourth-order valence-corrected chi connectivity index (χ4v) is 3.10. The Labute approximate surface area is 113 Å². The van der Waals surface area contributed by atoms with Gasteiger partial charge in [0.15, 0.2) is 0 Å². The molecule has 0 aromatic carbocycles. The van der Waals surface area contributed by atoms with Crippen LogP contribution in [-0.4, -0.2) is 37.6 Å². The van der Waals surface area contributed by atoms with E-state index in [1.807, 2.05) is 16.3 Å². The number of likely N-dealkylation sites (tertiary alicyclic amines) is 1. The second-order valence-electron chi connectivity index (χ2n) is 4.91. The quantitative estimate of drug-likeness (QED) is 0.820. The Hall–Kier alpha value is -0.870. The van der Waals surface area contributed by atoms with Crippen LogP contribution in [0.5, 0.6) is 0 Å². The first kappa shape index (κ1) is 13.6. The van der Waals surface area contributed by atoms with Crippen molar-refractivity contribution in [3.8, 4) is 0 Å². The number of carbonyl (C=O) groups is 1. The predicted molar refractivity (Wildman–Crippen MR) is 73.8 cm³/mol. The van der Waals surface area contributed by atoms with E-state index in [4.69, 9.17) is 4.74 Å². The lowest BCUT2D eigenvalue weighted by Gasteiger charge is -2.32. The molecule has 2 heterocycles. The van der Waals surface area contributed by atoms with Crippen molar-refractivity contribution in [1.29, 1.82) is 0 Å². The summed E-state index contributed by atoms with van der Waals surface area (Å²) >= 11 is 1.65. The van der Waals surface area contributed by atoms with Crippen LogP contribution in [0, 0.1) is 5.92 Å². The van der Waals surface area contributed by atoms with Crippen molar-refractivity contribution in [1.82, 2.24) is 4.90 Å². The van der Waals surface area contributed by atoms with E-state index in [2.05, 4.69) is 5.38 Å². The number of piperidine rings is 1. The Morgan fingerprint density at radius 1 is 1.50 bits per heavy atom. The summed E-state index contributed by atoms with van der Waals surface area (Å²) in [5.74, 6) is 1.01. The van der Waals surface area contributed by atoms with Gasteiger partial charge in [0.25, 0.3) is 0 Å². The predicted octanol–water partition coefficient (Wildman–Crippen LogP) is 2.57. The fourth-order valence-electron chi connectivity index (χ4n) is 2.44. The van der Waals surface area contributed by atoms with Gasteiger partial charge in [-0.15, -0.1) is 0 Å². The molecule has 0 radical (unpaired) electrons. The van der Waals surface area contributed by atoms with Gasteiger partial charge in [-0.25, -0.2) is 0 Å². The summed E-state index contributed by atoms with van der Waals surface area (Å²) in [7, 11) is 1.75. The highest BCUT2D eigenvalue weighted by molar-refractivity contribution is 7.07. The van der Waals surface area contributed by atoms with Gasteiger partial charge >= 0.3 is 0 Å². The van der Waals surface area contributed by atoms with E-state index in [9.17, 15) is 4.79 Å². The van der Waals surface area contributed by atoms with Crippen molar-refractivity contribution in [3.63, 3.8) is 0 Å². The van der Waals surface area contributed by atoms with Crippen molar-refractivity contribution in [3.05, 3.63) is 22.4 Å². The molecule has 1 aliphatic rings. The normalized spacial score (nSPS) is 17.1. The number of nitrogens with zero attached hydrogens (tertiary/aromatic N) is 1. The van der Waals surface area contributed by atoms with Crippen LogP contribution in [0.1, 0.15) is 24.8 Å². The first-order valence-corrected chi connectivity index (χ1v) is 7.51. The van der Waals surface area contributed by atoms with Crippen LogP contribution in [0.4, 0.5) is 0 Å². The molecule has 0 aliphatic carbocycles. The molecule has 2 rings (SSSR count). The van der Waals surface area contributed by atoms with E-state index in [1.165, 1.54) is 0 Å². The highest BCUT2D eigenvalue weighted by Gasteiger charge is 2.22. The molecule has 1 saturated heterocycles. The van der Waals surface area contributed by atoms with E-state index < -0.39 is 0 Å². The number of hydrogen-bond acceptors (Lipinski definition) is 3. The van der Waals surface area contributed by atoms with E-state index in [0.29, 0.717) is 6.42 Å². The van der Waals surface area contributed by atoms with E-state index in [0.717, 1.165) is 50.4 Å². The average molecular weight is 267 g/mol. The minimum absolute atomic E-state index is 0.276. The Morgan fingerprint density at radius 2 is 2.28 bits per heavy atom. The lowest BCUT2D eigenvalue weighted by Crippen LogP contribution is -2.39. The van der Waals surface area contributed by atoms with Crippen LogP contribution in [-0.2, 0) is 16.0 Å². The molecule has 18 heavy (non-hydrogen) atoms. The molecule has 1 amide bonds. The van der Waals surface area contributed by atoms with Gasteiger partial charge in [0.1, 0.15) is 0 Å². The topological polar surface area (TPSA) is 29.5 Å². The van der Waals surface area contributed by atoms with Crippen LogP contribution in [0.25, 0.3) is 0 Å². The minimum Gasteiger partial charge on any atom is -0.385 e. The van der Waals surface area contributed by atoms with Crippen molar-refractivity contribution in [2.75, 3.05) is 26.8 Å². The molecule has 0 spiro atoms. The molecule has 1 aromatic rings. The van der Waals surface area contributed by atoms with E-state index in [-0.39, 0.29) is 5.91 Å². The molecule has 4 heteroatoms. The molecule has 1 aromatic heterocycles. The molecule has 1 fully saturated rings. The Morgan fingerprint density at radius 3 is 2.89 bits per heavy atom. The van der Waals surface area contributed by atoms with Crippen molar-refractivity contribution >= 4 is 17.2 Å². The standard InChI is InChI=1S/C14H21NO2S/c1-17-8-4-12-2-6-15(7-3-12)14(16)10-13-5-9-18-11-13/h5,9,11-12H,2-4,6-8,10H2,1H3. The van der Waals surface area contributed by atoms with Crippen molar-refractivity contribution in [2.24, 2.45) is 5.92 Å². The first-order valence-electron chi connectivity index (χ1n) is 6.57. The number of methoxy groups -OCH3 is 1. The molecule has 0 saturated carbocycles. The lowest BCUT2D eigenvalue weighted by atomic mass is 9.93. The SMILES string of the molecule is COCCC1CCN(C(=O)Cc2ccsc2)CC1. The lowest BCUT2D eigenvalue weighted by molar-refractivity contribution is -0.131. The molecule has 0 N–H and O–H groups in total. The second kappa shape index (κ2) is 6.90. The van der Waals surface area contributed by atoms with Crippen LogP contribution in [0.15, 0.2) is 16.8 Å². The molecule has 100 valence electrons. The Balaban J connectivity index is 1.73. The zero-order valence-electron chi connectivity index (χ0n) is 10.9. The average Bonchev–Trinajstić information content (AvgIpc) is 2.89. The summed E-state index contributed by atoms with van der Waals surface area (Å²) in [5, 5.41) is 4.09. The summed E-state index contributed by atoms with van der Waals surface area (Å²) in [5.41, 5.74) is 1.14. The van der Waals surface area contributed by atoms with Gasteiger partial charge in [-0.2, -0.15) is 11.3 Å². The van der Waals surface area contributed by atoms with E-state index in [1.54, 1.807) is 18.4 Å². The molecular weight excluding hydrogens is 246 g/mol. The van der Waals surface area contributed by atoms with Gasteiger partial charge in [-0.3, -0.25) is 4.79 Å². The van der Waals surface area contributed by atoms with Crippen LogP contribution < -0.4 is 0 Å². The number of amides is 1.